The van der Waals surface area contributed by atoms with Gasteiger partial charge < -0.3 is 0 Å². The number of hydrogen-bond acceptors (Lipinski definition) is 3. The third-order valence-electron chi connectivity index (χ3n) is 2.65. The van der Waals surface area contributed by atoms with Gasteiger partial charge in [0.25, 0.3) is 0 Å². The fraction of sp³-hybridized carbons (Fsp3) is 0.0769. The van der Waals surface area contributed by atoms with E-state index in [9.17, 15) is 4.79 Å². The second-order valence-electron chi connectivity index (χ2n) is 3.81. The first-order valence-electron chi connectivity index (χ1n) is 5.30. The summed E-state index contributed by atoms with van der Waals surface area (Å²) in [4.78, 5) is 12.4. The van der Waals surface area contributed by atoms with Gasteiger partial charge in [-0.2, -0.15) is 5.10 Å². The largest absolute Gasteiger partial charge is 0.278 e. The van der Waals surface area contributed by atoms with E-state index in [1.807, 2.05) is 48.0 Å². The minimum absolute atomic E-state index is 0.0505. The van der Waals surface area contributed by atoms with Crippen LogP contribution >= 0.6 is 11.3 Å². The molecule has 2 heterocycles. The minimum atomic E-state index is 0.0505. The van der Waals surface area contributed by atoms with Crippen molar-refractivity contribution in [1.82, 2.24) is 9.78 Å². The zero-order valence-electron chi connectivity index (χ0n) is 9.25. The molecular formula is C13H10N2OS. The van der Waals surface area contributed by atoms with Gasteiger partial charge in [-0.1, -0.05) is 29.5 Å². The van der Waals surface area contributed by atoms with Gasteiger partial charge in [-0.05, 0) is 31.2 Å². The number of aryl methyl sites for hydroxylation is 1. The van der Waals surface area contributed by atoms with E-state index in [0.29, 0.717) is 0 Å². The lowest BCUT2D eigenvalue weighted by Gasteiger charge is -2.01. The van der Waals surface area contributed by atoms with Crippen LogP contribution in [0.5, 0.6) is 0 Å². The first-order valence-corrected chi connectivity index (χ1v) is 6.12. The maximum atomic E-state index is 11.5. The molecule has 4 heteroatoms. The topological polar surface area (TPSA) is 34.9 Å². The van der Waals surface area contributed by atoms with Gasteiger partial charge in [0.1, 0.15) is 4.83 Å². The minimum Gasteiger partial charge on any atom is -0.278 e. The number of para-hydroxylation sites is 1. The second kappa shape index (κ2) is 3.82. The lowest BCUT2D eigenvalue weighted by molar-refractivity contribution is 0.894. The van der Waals surface area contributed by atoms with Crippen LogP contribution in [0, 0.1) is 6.92 Å². The van der Waals surface area contributed by atoms with E-state index in [1.165, 1.54) is 11.3 Å². The average Bonchev–Trinajstić information content (AvgIpc) is 2.67. The van der Waals surface area contributed by atoms with E-state index in [-0.39, 0.29) is 4.74 Å². The van der Waals surface area contributed by atoms with E-state index in [0.717, 1.165) is 21.6 Å². The van der Waals surface area contributed by atoms with Crippen LogP contribution in [-0.2, 0) is 0 Å². The number of fused-ring (bicyclic) bond motifs is 1. The molecule has 0 aliphatic rings. The highest BCUT2D eigenvalue weighted by Gasteiger charge is 2.09. The summed E-state index contributed by atoms with van der Waals surface area (Å²) in [6, 6.07) is 13.3. The molecule has 1 aromatic carbocycles. The Bertz CT molecular complexity index is 728. The van der Waals surface area contributed by atoms with Gasteiger partial charge in [-0.15, -0.1) is 0 Å². The monoisotopic (exact) mass is 242 g/mol. The first kappa shape index (κ1) is 10.2. The highest BCUT2D eigenvalue weighted by atomic mass is 32.1. The summed E-state index contributed by atoms with van der Waals surface area (Å²) in [6.07, 6.45) is 0. The smallest absolute Gasteiger partial charge is 0.234 e. The number of nitrogens with zero attached hydrogens (tertiary/aromatic N) is 2. The molecule has 0 unspecified atom stereocenters. The van der Waals surface area contributed by atoms with Crippen LogP contribution in [0.25, 0.3) is 15.9 Å². The van der Waals surface area contributed by atoms with E-state index < -0.39 is 0 Å². The van der Waals surface area contributed by atoms with Gasteiger partial charge in [0.05, 0.1) is 11.4 Å². The molecule has 0 aliphatic heterocycles. The van der Waals surface area contributed by atoms with Crippen LogP contribution < -0.4 is 4.74 Å². The van der Waals surface area contributed by atoms with Crippen molar-refractivity contribution in [1.29, 1.82) is 0 Å². The molecule has 0 radical (unpaired) electrons. The summed E-state index contributed by atoms with van der Waals surface area (Å²) >= 11 is 1.23. The van der Waals surface area contributed by atoms with Gasteiger partial charge in [0.15, 0.2) is 0 Å². The predicted molar refractivity (Wildman–Crippen MR) is 70.0 cm³/mol. The number of aromatic nitrogens is 2. The van der Waals surface area contributed by atoms with Gasteiger partial charge in [0.2, 0.25) is 4.74 Å². The quantitative estimate of drug-likeness (QED) is 0.657. The highest BCUT2D eigenvalue weighted by Crippen LogP contribution is 2.22. The Morgan fingerprint density at radius 3 is 2.65 bits per heavy atom. The fourth-order valence-electron chi connectivity index (χ4n) is 1.83. The molecule has 2 aromatic heterocycles. The Morgan fingerprint density at radius 1 is 1.12 bits per heavy atom. The van der Waals surface area contributed by atoms with E-state index >= 15 is 0 Å². The van der Waals surface area contributed by atoms with Crippen LogP contribution in [0.2, 0.25) is 0 Å². The normalized spacial score (nSPS) is 10.9. The summed E-state index contributed by atoms with van der Waals surface area (Å²) in [5, 5.41) is 5.53. The zero-order chi connectivity index (χ0) is 11.8. The van der Waals surface area contributed by atoms with Crippen molar-refractivity contribution in [3.05, 3.63) is 57.7 Å². The standard InChI is InChI=1S/C13H10N2OS/c1-9-11-7-8-12(16)17-13(11)15(14-9)10-5-3-2-4-6-10/h2-8H,1H3. The summed E-state index contributed by atoms with van der Waals surface area (Å²) in [7, 11) is 0. The van der Waals surface area contributed by atoms with Gasteiger partial charge in [-0.25, -0.2) is 4.68 Å². The van der Waals surface area contributed by atoms with Crippen molar-refractivity contribution in [2.45, 2.75) is 6.92 Å². The maximum Gasteiger partial charge on any atom is 0.234 e. The van der Waals surface area contributed by atoms with Crippen LogP contribution in [-0.4, -0.2) is 9.78 Å². The van der Waals surface area contributed by atoms with Crippen molar-refractivity contribution >= 4 is 21.6 Å². The Labute approximate surface area is 102 Å². The number of benzene rings is 1. The molecule has 0 N–H and O–H groups in total. The van der Waals surface area contributed by atoms with Crippen molar-refractivity contribution in [2.75, 3.05) is 0 Å². The lowest BCUT2D eigenvalue weighted by atomic mass is 10.3. The van der Waals surface area contributed by atoms with Crippen LogP contribution in [0.1, 0.15) is 5.69 Å². The Kier molecular flexibility index (Phi) is 2.30. The summed E-state index contributed by atoms with van der Waals surface area (Å²) in [5.74, 6) is 0. The van der Waals surface area contributed by atoms with Crippen LogP contribution in [0.3, 0.4) is 0 Å². The van der Waals surface area contributed by atoms with Gasteiger partial charge in [-0.3, -0.25) is 4.79 Å². The fourth-order valence-corrected chi connectivity index (χ4v) is 2.72. The molecule has 0 atom stereocenters. The highest BCUT2D eigenvalue weighted by molar-refractivity contribution is 7.15. The maximum absolute atomic E-state index is 11.5. The molecule has 0 amide bonds. The SMILES string of the molecule is Cc1nn(-c2ccccc2)c2sc(=O)ccc12. The van der Waals surface area contributed by atoms with Crippen molar-refractivity contribution in [3.8, 4) is 5.69 Å². The lowest BCUT2D eigenvalue weighted by Crippen LogP contribution is -1.97. The van der Waals surface area contributed by atoms with Crippen molar-refractivity contribution in [2.24, 2.45) is 0 Å². The van der Waals surface area contributed by atoms with Gasteiger partial charge >= 0.3 is 0 Å². The molecule has 17 heavy (non-hydrogen) atoms. The Hall–Kier alpha value is -1.94. The van der Waals surface area contributed by atoms with Crippen LogP contribution in [0.4, 0.5) is 0 Å². The molecule has 0 spiro atoms. The average molecular weight is 242 g/mol. The van der Waals surface area contributed by atoms with E-state index in [2.05, 4.69) is 5.10 Å². The van der Waals surface area contributed by atoms with Crippen molar-refractivity contribution < 1.29 is 0 Å². The molecule has 0 bridgehead atoms. The Balaban J connectivity index is 2.38. The Morgan fingerprint density at radius 2 is 1.88 bits per heavy atom. The summed E-state index contributed by atoms with van der Waals surface area (Å²) in [6.45, 7) is 1.96. The van der Waals surface area contributed by atoms with E-state index in [4.69, 9.17) is 0 Å². The molecule has 3 aromatic rings. The molecule has 0 fully saturated rings. The third kappa shape index (κ3) is 1.66. The number of rotatable bonds is 1. The molecule has 0 aliphatic carbocycles. The van der Waals surface area contributed by atoms with E-state index in [1.54, 1.807) is 6.07 Å². The molecule has 3 nitrogen and oxygen atoms in total. The molecule has 0 saturated heterocycles. The van der Waals surface area contributed by atoms with Crippen molar-refractivity contribution in [3.63, 3.8) is 0 Å². The zero-order valence-corrected chi connectivity index (χ0v) is 10.1. The predicted octanol–water partition coefficient (Wildman–Crippen LogP) is 2.76. The van der Waals surface area contributed by atoms with Gasteiger partial charge in [0, 0.05) is 5.39 Å². The molecule has 0 saturated carbocycles. The number of hydrogen-bond donors (Lipinski definition) is 0. The molecule has 3 rings (SSSR count). The molecule has 84 valence electrons. The first-order chi connectivity index (χ1) is 8.25. The third-order valence-corrected chi connectivity index (χ3v) is 3.57. The molecular weight excluding hydrogens is 232 g/mol. The summed E-state index contributed by atoms with van der Waals surface area (Å²) in [5.41, 5.74) is 1.92. The second-order valence-corrected chi connectivity index (χ2v) is 4.80. The van der Waals surface area contributed by atoms with Crippen LogP contribution in [0.15, 0.2) is 47.3 Å². The summed E-state index contributed by atoms with van der Waals surface area (Å²) < 4.78 is 1.88.